The van der Waals surface area contributed by atoms with Crippen molar-refractivity contribution in [3.63, 3.8) is 0 Å². The Morgan fingerprint density at radius 2 is 1.85 bits per heavy atom. The number of carbonyl (C=O) groups is 1. The van der Waals surface area contributed by atoms with Crippen LogP contribution in [0.2, 0.25) is 0 Å². The van der Waals surface area contributed by atoms with Gasteiger partial charge < -0.3 is 10.1 Å². The summed E-state index contributed by atoms with van der Waals surface area (Å²) in [4.78, 5) is 12.2. The Hall–Kier alpha value is -1.65. The van der Waals surface area contributed by atoms with Gasteiger partial charge in [-0.1, -0.05) is 19.9 Å². The Balaban J connectivity index is 2.82. The zero-order valence-electron chi connectivity index (χ0n) is 14.9. The van der Waals surface area contributed by atoms with Crippen LogP contribution in [0.15, 0.2) is 23.1 Å². The number of carbonyl (C=O) groups excluding carboxylic acids is 1. The van der Waals surface area contributed by atoms with Crippen LogP contribution in [0.1, 0.15) is 29.8 Å². The number of hydrogen-bond acceptors (Lipinski definition) is 4. The Morgan fingerprint density at radius 3 is 2.38 bits per heavy atom. The molecule has 0 saturated carbocycles. The summed E-state index contributed by atoms with van der Waals surface area (Å²) in [6, 6.07) is 4.21. The summed E-state index contributed by atoms with van der Waals surface area (Å²) in [7, 11) is -3.72. The second-order valence-corrected chi connectivity index (χ2v) is 7.43. The minimum Gasteiger partial charge on any atom is -0.370 e. The summed E-state index contributed by atoms with van der Waals surface area (Å²) in [6.07, 6.45) is -4.42. The van der Waals surface area contributed by atoms with E-state index < -0.39 is 28.7 Å². The normalized spacial score (nSPS) is 12.4. The first-order chi connectivity index (χ1) is 12.0. The van der Waals surface area contributed by atoms with Gasteiger partial charge in [0.2, 0.25) is 10.0 Å². The highest BCUT2D eigenvalue weighted by Crippen LogP contribution is 2.19. The van der Waals surface area contributed by atoms with E-state index in [9.17, 15) is 26.4 Å². The number of rotatable bonds is 9. The van der Waals surface area contributed by atoms with Crippen molar-refractivity contribution in [3.8, 4) is 0 Å². The quantitative estimate of drug-likeness (QED) is 0.650. The molecule has 0 aliphatic rings. The highest BCUT2D eigenvalue weighted by atomic mass is 32.2. The average Bonchev–Trinajstić information content (AvgIpc) is 2.54. The topological polar surface area (TPSA) is 75.7 Å². The molecule has 0 heterocycles. The molecule has 0 aliphatic heterocycles. The SMILES string of the molecule is CCN(CC)S(=O)(=O)c1ccc(C)c(C(=O)NCCOCC(F)(F)F)c1. The molecule has 0 radical (unpaired) electrons. The van der Waals surface area contributed by atoms with Gasteiger partial charge in [0.05, 0.1) is 11.5 Å². The molecule has 1 rings (SSSR count). The lowest BCUT2D eigenvalue weighted by Gasteiger charge is -2.19. The molecule has 0 aliphatic carbocycles. The Bertz CT molecular complexity index is 717. The molecule has 0 fully saturated rings. The van der Waals surface area contributed by atoms with E-state index in [4.69, 9.17) is 0 Å². The molecule has 6 nitrogen and oxygen atoms in total. The third kappa shape index (κ3) is 6.26. The van der Waals surface area contributed by atoms with E-state index in [0.29, 0.717) is 18.7 Å². The van der Waals surface area contributed by atoms with Gasteiger partial charge in [-0.2, -0.15) is 17.5 Å². The number of ether oxygens (including phenoxy) is 1. The molecule has 148 valence electrons. The molecule has 0 atom stereocenters. The summed E-state index contributed by atoms with van der Waals surface area (Å²) < 4.78 is 66.7. The van der Waals surface area contributed by atoms with E-state index in [1.54, 1.807) is 20.8 Å². The maximum Gasteiger partial charge on any atom is 0.411 e. The van der Waals surface area contributed by atoms with Gasteiger partial charge in [0.15, 0.2) is 0 Å². The second-order valence-electron chi connectivity index (χ2n) is 5.49. The molecule has 0 aromatic heterocycles. The molecule has 1 N–H and O–H groups in total. The van der Waals surface area contributed by atoms with Gasteiger partial charge in [0, 0.05) is 25.2 Å². The fourth-order valence-corrected chi connectivity index (χ4v) is 3.72. The molecule has 10 heteroatoms. The minimum atomic E-state index is -4.42. The van der Waals surface area contributed by atoms with Crippen LogP contribution < -0.4 is 5.32 Å². The smallest absolute Gasteiger partial charge is 0.370 e. The second kappa shape index (κ2) is 9.33. The van der Waals surface area contributed by atoms with Crippen LogP contribution in [0.25, 0.3) is 0 Å². The van der Waals surface area contributed by atoms with E-state index in [1.165, 1.54) is 22.5 Å². The van der Waals surface area contributed by atoms with Crippen molar-refractivity contribution >= 4 is 15.9 Å². The number of nitrogens with zero attached hydrogens (tertiary/aromatic N) is 1. The lowest BCUT2D eigenvalue weighted by atomic mass is 10.1. The average molecular weight is 396 g/mol. The van der Waals surface area contributed by atoms with Crippen molar-refractivity contribution in [2.24, 2.45) is 0 Å². The summed E-state index contributed by atoms with van der Waals surface area (Å²) in [6.45, 7) is 3.84. The number of sulfonamides is 1. The standard InChI is InChI=1S/C16H23F3N2O4S/c1-4-21(5-2)26(23,24)13-7-6-12(3)14(10-13)15(22)20-8-9-25-11-16(17,18)19/h6-7,10H,4-5,8-9,11H2,1-3H3,(H,20,22). The van der Waals surface area contributed by atoms with Gasteiger partial charge in [-0.15, -0.1) is 0 Å². The van der Waals surface area contributed by atoms with Crippen molar-refractivity contribution < 1.29 is 31.1 Å². The summed E-state index contributed by atoms with van der Waals surface area (Å²) in [5, 5.41) is 2.42. The van der Waals surface area contributed by atoms with Crippen LogP contribution in [-0.2, 0) is 14.8 Å². The molecule has 0 saturated heterocycles. The van der Waals surface area contributed by atoms with Gasteiger partial charge in [-0.05, 0) is 24.6 Å². The van der Waals surface area contributed by atoms with Crippen molar-refractivity contribution in [2.75, 3.05) is 32.8 Å². The van der Waals surface area contributed by atoms with Gasteiger partial charge in [-0.25, -0.2) is 8.42 Å². The number of alkyl halides is 3. The van der Waals surface area contributed by atoms with Crippen LogP contribution in [0.3, 0.4) is 0 Å². The molecule has 0 bridgehead atoms. The zero-order chi connectivity index (χ0) is 20.0. The van der Waals surface area contributed by atoms with E-state index in [0.717, 1.165) is 0 Å². The molecule has 26 heavy (non-hydrogen) atoms. The predicted molar refractivity (Wildman–Crippen MR) is 90.5 cm³/mol. The van der Waals surface area contributed by atoms with Gasteiger partial charge >= 0.3 is 6.18 Å². The van der Waals surface area contributed by atoms with Crippen LogP contribution >= 0.6 is 0 Å². The Kier molecular flexibility index (Phi) is 8.04. The highest BCUT2D eigenvalue weighted by molar-refractivity contribution is 7.89. The monoisotopic (exact) mass is 396 g/mol. The van der Waals surface area contributed by atoms with Crippen LogP contribution in [0.4, 0.5) is 13.2 Å². The maximum atomic E-state index is 12.5. The molecular formula is C16H23F3N2O4S. The van der Waals surface area contributed by atoms with Crippen molar-refractivity contribution in [2.45, 2.75) is 31.8 Å². The van der Waals surface area contributed by atoms with Gasteiger partial charge in [0.1, 0.15) is 6.61 Å². The van der Waals surface area contributed by atoms with E-state index >= 15 is 0 Å². The fraction of sp³-hybridized carbons (Fsp3) is 0.562. The summed E-state index contributed by atoms with van der Waals surface area (Å²) in [5.41, 5.74) is 0.700. The van der Waals surface area contributed by atoms with Gasteiger partial charge in [0.25, 0.3) is 5.91 Å². The molecule has 1 aromatic carbocycles. The van der Waals surface area contributed by atoms with Crippen molar-refractivity contribution in [1.29, 1.82) is 0 Å². The molecule has 1 aromatic rings. The van der Waals surface area contributed by atoms with Crippen molar-refractivity contribution in [3.05, 3.63) is 29.3 Å². The van der Waals surface area contributed by atoms with Crippen LogP contribution in [-0.4, -0.2) is 57.7 Å². The Labute approximate surface area is 151 Å². The third-order valence-corrected chi connectivity index (χ3v) is 5.64. The summed E-state index contributed by atoms with van der Waals surface area (Å²) >= 11 is 0. The number of benzene rings is 1. The lowest BCUT2D eigenvalue weighted by Crippen LogP contribution is -2.32. The molecule has 1 amide bonds. The zero-order valence-corrected chi connectivity index (χ0v) is 15.7. The van der Waals surface area contributed by atoms with Crippen LogP contribution in [0, 0.1) is 6.92 Å². The number of amides is 1. The fourth-order valence-electron chi connectivity index (χ4n) is 2.24. The molecule has 0 unspecified atom stereocenters. The largest absolute Gasteiger partial charge is 0.411 e. The maximum absolute atomic E-state index is 12.5. The number of aryl methyl sites for hydroxylation is 1. The molecule has 0 spiro atoms. The first-order valence-corrected chi connectivity index (χ1v) is 9.50. The first kappa shape index (κ1) is 22.4. The number of hydrogen-bond donors (Lipinski definition) is 1. The minimum absolute atomic E-state index is 0.00901. The lowest BCUT2D eigenvalue weighted by molar-refractivity contribution is -0.173. The van der Waals surface area contributed by atoms with E-state index in [-0.39, 0.29) is 23.6 Å². The number of nitrogens with one attached hydrogen (secondary N) is 1. The predicted octanol–water partition coefficient (Wildman–Crippen LogP) is 2.33. The third-order valence-electron chi connectivity index (χ3n) is 3.59. The Morgan fingerprint density at radius 1 is 1.23 bits per heavy atom. The van der Waals surface area contributed by atoms with Gasteiger partial charge in [-0.3, -0.25) is 4.79 Å². The molecular weight excluding hydrogens is 373 g/mol. The highest BCUT2D eigenvalue weighted by Gasteiger charge is 2.27. The van der Waals surface area contributed by atoms with E-state index in [2.05, 4.69) is 10.1 Å². The number of halogens is 3. The van der Waals surface area contributed by atoms with Crippen molar-refractivity contribution in [1.82, 2.24) is 9.62 Å². The van der Waals surface area contributed by atoms with E-state index in [1.807, 2.05) is 0 Å². The first-order valence-electron chi connectivity index (χ1n) is 8.06. The summed E-state index contributed by atoms with van der Waals surface area (Å²) in [5.74, 6) is -0.574. The van der Waals surface area contributed by atoms with Crippen LogP contribution in [0.5, 0.6) is 0 Å².